The number of carboxylic acids is 1. The summed E-state index contributed by atoms with van der Waals surface area (Å²) in [4.78, 5) is 10.3. The molecule has 0 atom stereocenters. The maximum Gasteiger partial charge on any atom is 0.303 e. The van der Waals surface area contributed by atoms with E-state index in [0.717, 1.165) is 12.8 Å². The summed E-state index contributed by atoms with van der Waals surface area (Å²) in [5, 5.41) is 8.52. The Kier molecular flexibility index (Phi) is 129. The second kappa shape index (κ2) is 58.4. The third kappa shape index (κ3) is 65.4. The molecule has 0 aromatic carbocycles. The molecule has 0 amide bonds. The van der Waals surface area contributed by atoms with Crippen molar-refractivity contribution in [3.05, 3.63) is 0 Å². The monoisotopic (exact) mass is 1420 g/mol. The molecule has 0 aliphatic rings. The van der Waals surface area contributed by atoms with Gasteiger partial charge in [-0.3, -0.25) is 4.79 Å². The predicted octanol–water partition coefficient (Wildman–Crippen LogP) is 3.84. The third-order valence-corrected chi connectivity index (χ3v) is 3.99. The van der Waals surface area contributed by atoms with Gasteiger partial charge in [0.05, 0.1) is 0 Å². The van der Waals surface area contributed by atoms with Crippen LogP contribution in [0.15, 0.2) is 0 Å². The van der Waals surface area contributed by atoms with E-state index in [-0.39, 0.29) is 171 Å². The van der Waals surface area contributed by atoms with Crippen molar-refractivity contribution in [1.29, 1.82) is 0 Å². The van der Waals surface area contributed by atoms with E-state index in [0.29, 0.717) is 6.42 Å². The molecule has 0 radical (unpaired) electrons. The summed E-state index contributed by atoms with van der Waals surface area (Å²) in [5.41, 5.74) is 0. The normalized spacial score (nSPS) is 7.48. The molecule has 0 aliphatic heterocycles. The molecule has 0 aliphatic carbocycles. The van der Waals surface area contributed by atoms with Crippen molar-refractivity contribution < 1.29 is 181 Å². The van der Waals surface area contributed by atoms with E-state index in [1.54, 1.807) is 0 Å². The van der Waals surface area contributed by atoms with Gasteiger partial charge in [0.25, 0.3) is 0 Å². The van der Waals surface area contributed by atoms with Crippen molar-refractivity contribution in [3.8, 4) is 0 Å². The number of aliphatic carboxylic acids is 1. The number of hydrogen-bond acceptors (Lipinski definition) is 1. The number of carbonyl (C=O) groups is 1. The van der Waals surface area contributed by atoms with E-state index in [4.69, 9.17) is 5.11 Å². The number of rotatable bonds is 16. The minimum absolute atomic E-state index is 0. The van der Waals surface area contributed by atoms with Crippen LogP contribution >= 0.6 is 0 Å². The van der Waals surface area contributed by atoms with Crippen molar-refractivity contribution in [2.75, 3.05) is 0 Å². The van der Waals surface area contributed by atoms with Crippen LogP contribution in [0.3, 0.4) is 0 Å². The number of unbranched alkanes of at least 4 members (excludes halogenated alkanes) is 14. The Morgan fingerprint density at radius 2 is 0.690 bits per heavy atom. The average Bonchev–Trinajstić information content (AvgIpc) is 2.43. The minimum Gasteiger partial charge on any atom is -0.481 e. The van der Waals surface area contributed by atoms with E-state index in [9.17, 15) is 4.79 Å². The fraction of sp³-hybridized carbons (Fsp3) is 0.944. The maximum absolute atomic E-state index is 10.3. The Balaban J connectivity index is -0.0000000501. The van der Waals surface area contributed by atoms with Crippen LogP contribution in [0.5, 0.6) is 0 Å². The van der Waals surface area contributed by atoms with Crippen LogP contribution in [0.2, 0.25) is 0 Å². The molecule has 0 spiro atoms. The summed E-state index contributed by atoms with van der Waals surface area (Å²) in [5.74, 6) is -0.653. The van der Waals surface area contributed by atoms with Crippen molar-refractivity contribution >= 4 is 5.97 Å². The molecule has 0 unspecified atom stereocenters. The fourth-order valence-electron chi connectivity index (χ4n) is 2.65. The standard InChI is InChI=1S/C18H36O2.6Hf.3H2O/c1-2-3-4-5-6-7-8-9-10-11-12-13-14-15-16-17-18(19)20;;;;;;;;;/h2-17H2,1H3,(H,19,20);;;;;;;3*1H2. The second-order valence-corrected chi connectivity index (χ2v) is 6.09. The van der Waals surface area contributed by atoms with E-state index in [2.05, 4.69) is 6.92 Å². The topological polar surface area (TPSA) is 132 Å². The van der Waals surface area contributed by atoms with Gasteiger partial charge in [0, 0.05) is 161 Å². The summed E-state index contributed by atoms with van der Waals surface area (Å²) in [6.07, 6.45) is 20.2. The molecule has 11 heteroatoms. The summed E-state index contributed by atoms with van der Waals surface area (Å²) < 4.78 is 0. The largest absolute Gasteiger partial charge is 0.481 e. The zero-order valence-electron chi connectivity index (χ0n) is 18.2. The van der Waals surface area contributed by atoms with Gasteiger partial charge in [0.1, 0.15) is 0 Å². The van der Waals surface area contributed by atoms with Crippen LogP contribution < -0.4 is 0 Å². The van der Waals surface area contributed by atoms with Crippen LogP contribution in [-0.2, 0) is 160 Å². The molecule has 5 nitrogen and oxygen atoms in total. The summed E-state index contributed by atoms with van der Waals surface area (Å²) in [7, 11) is 0. The van der Waals surface area contributed by atoms with Crippen molar-refractivity contribution in [3.63, 3.8) is 0 Å². The molecular formula is C18H42Hf6O5. The molecule has 0 aromatic heterocycles. The molecule has 168 valence electrons. The molecule has 0 heterocycles. The van der Waals surface area contributed by atoms with Crippen LogP contribution in [-0.4, -0.2) is 27.5 Å². The Bertz CT molecular complexity index is 231. The summed E-state index contributed by atoms with van der Waals surface area (Å²) in [6, 6.07) is 0. The summed E-state index contributed by atoms with van der Waals surface area (Å²) in [6.45, 7) is 2.27. The van der Waals surface area contributed by atoms with E-state index >= 15 is 0 Å². The molecular weight excluding hydrogens is 1370 g/mol. The van der Waals surface area contributed by atoms with Gasteiger partial charge < -0.3 is 21.5 Å². The Morgan fingerprint density at radius 1 is 0.483 bits per heavy atom. The first-order chi connectivity index (χ1) is 9.77. The second-order valence-electron chi connectivity index (χ2n) is 6.09. The van der Waals surface area contributed by atoms with Gasteiger partial charge in [-0.2, -0.15) is 0 Å². The molecule has 0 rings (SSSR count). The van der Waals surface area contributed by atoms with Crippen molar-refractivity contribution in [2.45, 2.75) is 110 Å². The zero-order valence-corrected chi connectivity index (χ0v) is 39.7. The first-order valence-corrected chi connectivity index (χ1v) is 8.99. The van der Waals surface area contributed by atoms with E-state index in [1.807, 2.05) is 0 Å². The minimum atomic E-state index is -0.653. The molecule has 0 bridgehead atoms. The van der Waals surface area contributed by atoms with Gasteiger partial charge in [0.2, 0.25) is 0 Å². The van der Waals surface area contributed by atoms with Crippen LogP contribution in [0.4, 0.5) is 0 Å². The zero-order chi connectivity index (χ0) is 14.9. The molecule has 0 saturated carbocycles. The molecule has 29 heavy (non-hydrogen) atoms. The van der Waals surface area contributed by atoms with Crippen LogP contribution in [0, 0.1) is 0 Å². The maximum atomic E-state index is 10.3. The molecule has 0 aromatic rings. The Labute approximate surface area is 292 Å². The fourth-order valence-corrected chi connectivity index (χ4v) is 2.65. The van der Waals surface area contributed by atoms with Crippen molar-refractivity contribution in [1.82, 2.24) is 0 Å². The third-order valence-electron chi connectivity index (χ3n) is 3.99. The average molecular weight is 1410 g/mol. The van der Waals surface area contributed by atoms with Crippen molar-refractivity contribution in [2.24, 2.45) is 0 Å². The van der Waals surface area contributed by atoms with E-state index in [1.165, 1.54) is 83.5 Å². The SMILES string of the molecule is CCCCCCCCCCCCCCCCCC(=O)O.O.O.O.[Hf].[Hf].[Hf].[Hf].[Hf].[Hf]. The van der Waals surface area contributed by atoms with Gasteiger partial charge in [-0.1, -0.05) is 96.8 Å². The van der Waals surface area contributed by atoms with Crippen LogP contribution in [0.1, 0.15) is 110 Å². The molecule has 0 fully saturated rings. The van der Waals surface area contributed by atoms with Gasteiger partial charge >= 0.3 is 5.97 Å². The molecule has 7 N–H and O–H groups in total. The van der Waals surface area contributed by atoms with Gasteiger partial charge in [0.15, 0.2) is 0 Å². The number of carboxylic acid groups (broad SMARTS) is 1. The number of hydrogen-bond donors (Lipinski definition) is 1. The Hall–Kier alpha value is 4.57. The van der Waals surface area contributed by atoms with Gasteiger partial charge in [-0.25, -0.2) is 0 Å². The quantitative estimate of drug-likeness (QED) is 0.186. The van der Waals surface area contributed by atoms with Gasteiger partial charge in [-0.05, 0) is 6.42 Å². The first kappa shape index (κ1) is 64.1. The smallest absolute Gasteiger partial charge is 0.303 e. The first-order valence-electron chi connectivity index (χ1n) is 8.99. The Morgan fingerprint density at radius 3 is 0.897 bits per heavy atom. The summed E-state index contributed by atoms with van der Waals surface area (Å²) >= 11 is 0. The predicted molar refractivity (Wildman–Crippen MR) is 98.0 cm³/mol. The van der Waals surface area contributed by atoms with Crippen LogP contribution in [0.25, 0.3) is 0 Å². The van der Waals surface area contributed by atoms with E-state index < -0.39 is 5.97 Å². The molecule has 0 saturated heterocycles. The van der Waals surface area contributed by atoms with Gasteiger partial charge in [-0.15, -0.1) is 0 Å².